The Morgan fingerprint density at radius 1 is 1.03 bits per heavy atom. The number of nitrogens with zero attached hydrogens (tertiary/aromatic N) is 1. The number of rotatable bonds is 3. The fourth-order valence-corrected chi connectivity index (χ4v) is 5.84. The van der Waals surface area contributed by atoms with Crippen molar-refractivity contribution in [1.29, 1.82) is 0 Å². The summed E-state index contributed by atoms with van der Waals surface area (Å²) in [5, 5.41) is 0.987. The Hall–Kier alpha value is -2.50. The minimum Gasteiger partial charge on any atom is -0.397 e. The van der Waals surface area contributed by atoms with Crippen molar-refractivity contribution in [2.75, 3.05) is 5.73 Å². The van der Waals surface area contributed by atoms with Crippen molar-refractivity contribution in [3.8, 4) is 11.3 Å². The molecule has 3 nitrogen and oxygen atoms in total. The lowest BCUT2D eigenvalue weighted by Gasteiger charge is -2.20. The molecule has 0 aliphatic heterocycles. The van der Waals surface area contributed by atoms with Crippen molar-refractivity contribution in [1.82, 2.24) is 4.98 Å². The number of nitrogen functional groups attached to an aromatic ring is 1. The van der Waals surface area contributed by atoms with Crippen molar-refractivity contribution in [2.24, 2.45) is 0 Å². The molecule has 2 aromatic heterocycles. The van der Waals surface area contributed by atoms with Crippen molar-refractivity contribution < 1.29 is 4.79 Å². The Kier molecular flexibility index (Phi) is 4.95. The van der Waals surface area contributed by atoms with E-state index in [0.29, 0.717) is 16.1 Å². The second-order valence-electron chi connectivity index (χ2n) is 7.82. The summed E-state index contributed by atoms with van der Waals surface area (Å²) in [7, 11) is 0. The van der Waals surface area contributed by atoms with Crippen LogP contribution in [-0.4, -0.2) is 10.8 Å². The molecule has 1 aliphatic carbocycles. The maximum Gasteiger partial charge on any atom is 0.206 e. The standard InChI is InChI=1S/C25H21BrN2OS/c1-14-10-12-15(13-11-14)22-17-7-3-2-6-16(17)20-21(27)24(30-25(20)28-22)23(29)18-8-4-5-9-19(18)26/h4-5,8-13H,2-3,6-7,27H2,1H3. The fourth-order valence-electron chi connectivity index (χ4n) is 4.30. The lowest BCUT2D eigenvalue weighted by molar-refractivity contribution is 0.104. The van der Waals surface area contributed by atoms with Crippen LogP contribution in [0.1, 0.15) is 44.8 Å². The summed E-state index contributed by atoms with van der Waals surface area (Å²) < 4.78 is 0.780. The molecule has 2 heterocycles. The fraction of sp³-hybridized carbons (Fsp3) is 0.200. The number of carbonyl (C=O) groups excluding carboxylic acids is 1. The van der Waals surface area contributed by atoms with Gasteiger partial charge in [-0.05, 0) is 55.9 Å². The molecule has 0 amide bonds. The number of fused-ring (bicyclic) bond motifs is 3. The van der Waals surface area contributed by atoms with E-state index in [1.54, 1.807) is 0 Å². The van der Waals surface area contributed by atoms with Crippen molar-refractivity contribution >= 4 is 49.0 Å². The lowest BCUT2D eigenvalue weighted by atomic mass is 9.86. The SMILES string of the molecule is Cc1ccc(-c2nc3sc(C(=O)c4ccccc4Br)c(N)c3c3c2CCCC3)cc1. The van der Waals surface area contributed by atoms with Gasteiger partial charge in [0.25, 0.3) is 0 Å². The van der Waals surface area contributed by atoms with Gasteiger partial charge in [0.15, 0.2) is 0 Å². The van der Waals surface area contributed by atoms with Crippen LogP contribution in [0.5, 0.6) is 0 Å². The van der Waals surface area contributed by atoms with Gasteiger partial charge in [-0.15, -0.1) is 11.3 Å². The Labute approximate surface area is 188 Å². The quantitative estimate of drug-likeness (QED) is 0.333. The number of halogens is 1. The molecule has 0 saturated carbocycles. The normalized spacial score (nSPS) is 13.4. The summed E-state index contributed by atoms with van der Waals surface area (Å²) in [4.78, 5) is 19.8. The summed E-state index contributed by atoms with van der Waals surface area (Å²) in [6, 6.07) is 16.0. The van der Waals surface area contributed by atoms with Crippen LogP contribution in [0.15, 0.2) is 53.0 Å². The highest BCUT2D eigenvalue weighted by Gasteiger charge is 2.26. The summed E-state index contributed by atoms with van der Waals surface area (Å²) in [5.41, 5.74) is 13.8. The molecular formula is C25H21BrN2OS. The van der Waals surface area contributed by atoms with Crippen LogP contribution in [0.3, 0.4) is 0 Å². The maximum absolute atomic E-state index is 13.3. The van der Waals surface area contributed by atoms with Crippen LogP contribution in [0.25, 0.3) is 21.5 Å². The number of carbonyl (C=O) groups is 1. The molecule has 2 N–H and O–H groups in total. The average Bonchev–Trinajstić information content (AvgIpc) is 3.10. The first-order chi connectivity index (χ1) is 14.5. The molecule has 0 bridgehead atoms. The number of hydrogen-bond donors (Lipinski definition) is 1. The molecule has 0 saturated heterocycles. The van der Waals surface area contributed by atoms with Gasteiger partial charge in [0.2, 0.25) is 5.78 Å². The van der Waals surface area contributed by atoms with E-state index >= 15 is 0 Å². The monoisotopic (exact) mass is 476 g/mol. The van der Waals surface area contributed by atoms with Gasteiger partial charge >= 0.3 is 0 Å². The zero-order chi connectivity index (χ0) is 20.8. The molecule has 4 aromatic rings. The molecular weight excluding hydrogens is 456 g/mol. The first-order valence-electron chi connectivity index (χ1n) is 10.1. The molecule has 0 atom stereocenters. The number of pyridine rings is 1. The number of thiophene rings is 1. The zero-order valence-corrected chi connectivity index (χ0v) is 19.1. The van der Waals surface area contributed by atoms with Gasteiger partial charge in [-0.25, -0.2) is 4.98 Å². The van der Waals surface area contributed by atoms with E-state index in [4.69, 9.17) is 10.7 Å². The van der Waals surface area contributed by atoms with E-state index < -0.39 is 0 Å². The van der Waals surface area contributed by atoms with Crippen LogP contribution in [-0.2, 0) is 12.8 Å². The van der Waals surface area contributed by atoms with Gasteiger partial charge in [0, 0.05) is 21.0 Å². The minimum atomic E-state index is -0.0515. The van der Waals surface area contributed by atoms with E-state index in [0.717, 1.165) is 51.6 Å². The molecule has 0 spiro atoms. The van der Waals surface area contributed by atoms with Crippen molar-refractivity contribution in [3.63, 3.8) is 0 Å². The van der Waals surface area contributed by atoms with E-state index in [-0.39, 0.29) is 5.78 Å². The molecule has 0 fully saturated rings. The molecule has 0 radical (unpaired) electrons. The molecule has 5 rings (SSSR count). The average molecular weight is 477 g/mol. The highest BCUT2D eigenvalue weighted by molar-refractivity contribution is 9.10. The van der Waals surface area contributed by atoms with Crippen LogP contribution in [0, 0.1) is 6.92 Å². The summed E-state index contributed by atoms with van der Waals surface area (Å²) >= 11 is 4.91. The van der Waals surface area contributed by atoms with Crippen LogP contribution in [0.2, 0.25) is 0 Å². The van der Waals surface area contributed by atoms with Crippen LogP contribution >= 0.6 is 27.3 Å². The Bertz CT molecular complexity index is 1290. The number of ketones is 1. The van der Waals surface area contributed by atoms with Crippen LogP contribution < -0.4 is 5.73 Å². The van der Waals surface area contributed by atoms with Crippen molar-refractivity contribution in [3.05, 3.63) is 80.1 Å². The molecule has 150 valence electrons. The Balaban J connectivity index is 1.74. The third-order valence-corrected chi connectivity index (χ3v) is 7.63. The molecule has 1 aliphatic rings. The van der Waals surface area contributed by atoms with Gasteiger partial charge in [-0.1, -0.05) is 57.9 Å². The number of aromatic nitrogens is 1. The predicted octanol–water partition coefficient (Wildman–Crippen LogP) is 6.73. The molecule has 0 unspecified atom stereocenters. The summed E-state index contributed by atoms with van der Waals surface area (Å²) in [6.07, 6.45) is 4.29. The largest absolute Gasteiger partial charge is 0.397 e. The van der Waals surface area contributed by atoms with Crippen LogP contribution in [0.4, 0.5) is 5.69 Å². The number of hydrogen-bond acceptors (Lipinski definition) is 4. The van der Waals surface area contributed by atoms with Crippen molar-refractivity contribution in [2.45, 2.75) is 32.6 Å². The number of anilines is 1. The molecule has 5 heteroatoms. The highest BCUT2D eigenvalue weighted by atomic mass is 79.9. The Morgan fingerprint density at radius 3 is 2.47 bits per heavy atom. The molecule has 2 aromatic carbocycles. The van der Waals surface area contributed by atoms with E-state index in [2.05, 4.69) is 47.1 Å². The van der Waals surface area contributed by atoms with Gasteiger partial charge in [0.1, 0.15) is 9.71 Å². The van der Waals surface area contributed by atoms with E-state index in [9.17, 15) is 4.79 Å². The zero-order valence-electron chi connectivity index (χ0n) is 16.7. The number of nitrogens with two attached hydrogens (primary N) is 1. The molecule has 30 heavy (non-hydrogen) atoms. The minimum absolute atomic E-state index is 0.0515. The topological polar surface area (TPSA) is 56.0 Å². The second kappa shape index (κ2) is 7.64. The van der Waals surface area contributed by atoms with Gasteiger partial charge in [0.05, 0.1) is 11.4 Å². The van der Waals surface area contributed by atoms with Gasteiger partial charge < -0.3 is 5.73 Å². The highest BCUT2D eigenvalue weighted by Crippen LogP contribution is 2.43. The lowest BCUT2D eigenvalue weighted by Crippen LogP contribution is -2.08. The first-order valence-corrected chi connectivity index (χ1v) is 11.8. The second-order valence-corrected chi connectivity index (χ2v) is 9.68. The predicted molar refractivity (Wildman–Crippen MR) is 128 cm³/mol. The van der Waals surface area contributed by atoms with E-state index in [1.807, 2.05) is 24.3 Å². The van der Waals surface area contributed by atoms with E-state index in [1.165, 1.54) is 28.0 Å². The third-order valence-electron chi connectivity index (χ3n) is 5.85. The van der Waals surface area contributed by atoms with Gasteiger partial charge in [-0.3, -0.25) is 4.79 Å². The van der Waals surface area contributed by atoms with Gasteiger partial charge in [-0.2, -0.15) is 0 Å². The summed E-state index contributed by atoms with van der Waals surface area (Å²) in [6.45, 7) is 2.09. The first kappa shape index (κ1) is 19.5. The smallest absolute Gasteiger partial charge is 0.206 e. The Morgan fingerprint density at radius 2 is 1.73 bits per heavy atom. The third kappa shape index (κ3) is 3.17. The summed E-state index contributed by atoms with van der Waals surface area (Å²) in [5.74, 6) is -0.0515. The maximum atomic E-state index is 13.3. The number of aryl methyl sites for hydroxylation is 2. The number of benzene rings is 2.